The maximum absolute atomic E-state index is 13.1. The average molecular weight is 249 g/mol. The van der Waals surface area contributed by atoms with Gasteiger partial charge in [0.05, 0.1) is 0 Å². The topological polar surface area (TPSA) is 92.0 Å². The monoisotopic (exact) mass is 249 g/mol. The fourth-order valence-corrected chi connectivity index (χ4v) is 1.67. The summed E-state index contributed by atoms with van der Waals surface area (Å²) in [5.74, 6) is -0.606. The number of rotatable bonds is 3. The second-order valence-corrected chi connectivity index (χ2v) is 3.76. The molecule has 0 aliphatic carbocycles. The highest BCUT2D eigenvalue weighted by atomic mass is 19.1. The highest BCUT2D eigenvalue weighted by Gasteiger charge is 2.13. The minimum atomic E-state index is -0.517. The molecule has 0 atom stereocenters. The van der Waals surface area contributed by atoms with Crippen LogP contribution in [0.4, 0.5) is 4.39 Å². The van der Waals surface area contributed by atoms with E-state index in [-0.39, 0.29) is 11.1 Å². The third kappa shape index (κ3) is 2.38. The van der Waals surface area contributed by atoms with Gasteiger partial charge in [-0.3, -0.25) is 4.79 Å². The summed E-state index contributed by atoms with van der Waals surface area (Å²) in [4.78, 5) is 18.2. The van der Waals surface area contributed by atoms with Gasteiger partial charge in [0.2, 0.25) is 5.88 Å². The maximum atomic E-state index is 13.1. The van der Waals surface area contributed by atoms with Gasteiger partial charge in [0.15, 0.2) is 0 Å². The largest absolute Gasteiger partial charge is 0.493 e. The summed E-state index contributed by atoms with van der Waals surface area (Å²) in [7, 11) is 0. The first-order valence-corrected chi connectivity index (χ1v) is 5.40. The normalized spacial score (nSPS) is 10.6. The summed E-state index contributed by atoms with van der Waals surface area (Å²) in [5, 5.41) is 9.75. The molecule has 6 heteroatoms. The van der Waals surface area contributed by atoms with Gasteiger partial charge in [-0.1, -0.05) is 12.1 Å². The van der Waals surface area contributed by atoms with Crippen LogP contribution in [0.3, 0.4) is 0 Å². The molecule has 94 valence electrons. The first-order chi connectivity index (χ1) is 8.61. The molecule has 0 unspecified atom stereocenters. The summed E-state index contributed by atoms with van der Waals surface area (Å²) in [5.41, 5.74) is 5.05. The molecule has 0 radical (unpaired) electrons. The number of benzene rings is 1. The van der Waals surface area contributed by atoms with Crippen molar-refractivity contribution in [2.75, 3.05) is 6.54 Å². The molecule has 0 saturated heterocycles. The van der Waals surface area contributed by atoms with E-state index in [2.05, 4.69) is 9.97 Å². The summed E-state index contributed by atoms with van der Waals surface area (Å²) in [6.07, 6.45) is 0.353. The van der Waals surface area contributed by atoms with E-state index in [0.29, 0.717) is 18.8 Å². The molecular formula is C12H12FN3O2. The third-order valence-corrected chi connectivity index (χ3v) is 2.44. The lowest BCUT2D eigenvalue weighted by atomic mass is 10.1. The van der Waals surface area contributed by atoms with Crippen molar-refractivity contribution in [2.45, 2.75) is 6.42 Å². The van der Waals surface area contributed by atoms with Crippen LogP contribution in [0.1, 0.15) is 5.82 Å². The van der Waals surface area contributed by atoms with Crippen molar-refractivity contribution < 1.29 is 9.50 Å². The van der Waals surface area contributed by atoms with Gasteiger partial charge in [-0.25, -0.2) is 4.39 Å². The summed E-state index contributed by atoms with van der Waals surface area (Å²) in [6.45, 7) is 0.307. The van der Waals surface area contributed by atoms with Crippen molar-refractivity contribution >= 4 is 0 Å². The SMILES string of the molecule is NCCc1nc(O)c(-c2cccc(F)c2)c(=O)[nH]1. The number of hydrogen-bond donors (Lipinski definition) is 3. The van der Waals surface area contributed by atoms with Crippen LogP contribution in [-0.4, -0.2) is 21.6 Å². The van der Waals surface area contributed by atoms with E-state index >= 15 is 0 Å². The predicted octanol–water partition coefficient (Wildman–Crippen LogP) is 0.783. The van der Waals surface area contributed by atoms with Gasteiger partial charge in [0, 0.05) is 6.42 Å². The molecule has 0 aliphatic rings. The van der Waals surface area contributed by atoms with E-state index in [0.717, 1.165) is 6.07 Å². The molecule has 1 aromatic heterocycles. The minimum absolute atomic E-state index is 0.0460. The number of nitrogens with zero attached hydrogens (tertiary/aromatic N) is 1. The van der Waals surface area contributed by atoms with Crippen molar-refractivity contribution in [3.8, 4) is 17.0 Å². The molecule has 0 saturated carbocycles. The second kappa shape index (κ2) is 4.97. The number of halogens is 1. The first kappa shape index (κ1) is 12.3. The lowest BCUT2D eigenvalue weighted by Gasteiger charge is -2.05. The number of aromatic amines is 1. The summed E-state index contributed by atoms with van der Waals surface area (Å²) < 4.78 is 13.1. The Kier molecular flexibility index (Phi) is 3.38. The number of aromatic hydroxyl groups is 1. The van der Waals surface area contributed by atoms with Gasteiger partial charge < -0.3 is 15.8 Å². The Labute approximate surface area is 102 Å². The van der Waals surface area contributed by atoms with Crippen molar-refractivity contribution in [3.05, 3.63) is 46.3 Å². The molecule has 0 aliphatic heterocycles. The first-order valence-electron chi connectivity index (χ1n) is 5.40. The molecule has 2 rings (SSSR count). The van der Waals surface area contributed by atoms with E-state index in [9.17, 15) is 14.3 Å². The van der Waals surface area contributed by atoms with Crippen LogP contribution in [0.15, 0.2) is 29.1 Å². The van der Waals surface area contributed by atoms with Crippen LogP contribution >= 0.6 is 0 Å². The second-order valence-electron chi connectivity index (χ2n) is 3.76. The van der Waals surface area contributed by atoms with Crippen LogP contribution in [-0.2, 0) is 6.42 Å². The van der Waals surface area contributed by atoms with Crippen molar-refractivity contribution in [1.82, 2.24) is 9.97 Å². The number of nitrogens with one attached hydrogen (secondary N) is 1. The van der Waals surface area contributed by atoms with E-state index in [1.54, 1.807) is 0 Å². The molecule has 1 aromatic carbocycles. The van der Waals surface area contributed by atoms with Gasteiger partial charge in [-0.2, -0.15) is 4.98 Å². The van der Waals surface area contributed by atoms with E-state index < -0.39 is 17.3 Å². The Balaban J connectivity index is 2.55. The quantitative estimate of drug-likeness (QED) is 0.749. The van der Waals surface area contributed by atoms with Crippen LogP contribution in [0.2, 0.25) is 0 Å². The number of nitrogens with two attached hydrogens (primary N) is 1. The predicted molar refractivity (Wildman–Crippen MR) is 64.7 cm³/mol. The fourth-order valence-electron chi connectivity index (χ4n) is 1.67. The van der Waals surface area contributed by atoms with E-state index in [4.69, 9.17) is 5.73 Å². The zero-order valence-electron chi connectivity index (χ0n) is 9.48. The third-order valence-electron chi connectivity index (χ3n) is 2.44. The number of aromatic nitrogens is 2. The van der Waals surface area contributed by atoms with Crippen molar-refractivity contribution in [3.63, 3.8) is 0 Å². The van der Waals surface area contributed by atoms with E-state index in [1.165, 1.54) is 18.2 Å². The van der Waals surface area contributed by atoms with Crippen LogP contribution in [0.25, 0.3) is 11.1 Å². The molecule has 0 amide bonds. The Morgan fingerprint density at radius 1 is 1.44 bits per heavy atom. The van der Waals surface area contributed by atoms with Crippen LogP contribution < -0.4 is 11.3 Å². The van der Waals surface area contributed by atoms with Crippen LogP contribution in [0.5, 0.6) is 5.88 Å². The molecule has 0 fully saturated rings. The summed E-state index contributed by atoms with van der Waals surface area (Å²) in [6, 6.07) is 5.40. The minimum Gasteiger partial charge on any atom is -0.493 e. The molecule has 0 bridgehead atoms. The van der Waals surface area contributed by atoms with Gasteiger partial charge in [-0.05, 0) is 24.2 Å². The van der Waals surface area contributed by atoms with Gasteiger partial charge in [0.1, 0.15) is 17.2 Å². The van der Waals surface area contributed by atoms with Gasteiger partial charge in [-0.15, -0.1) is 0 Å². The Morgan fingerprint density at radius 2 is 2.22 bits per heavy atom. The Bertz CT molecular complexity index is 625. The number of hydrogen-bond acceptors (Lipinski definition) is 4. The van der Waals surface area contributed by atoms with E-state index in [1.807, 2.05) is 0 Å². The molecule has 4 N–H and O–H groups in total. The number of H-pyrrole nitrogens is 1. The molecule has 1 heterocycles. The zero-order chi connectivity index (χ0) is 13.1. The smallest absolute Gasteiger partial charge is 0.262 e. The zero-order valence-corrected chi connectivity index (χ0v) is 9.48. The lowest BCUT2D eigenvalue weighted by Crippen LogP contribution is -2.16. The molecule has 0 spiro atoms. The highest BCUT2D eigenvalue weighted by molar-refractivity contribution is 5.67. The van der Waals surface area contributed by atoms with Crippen molar-refractivity contribution in [2.24, 2.45) is 5.73 Å². The Hall–Kier alpha value is -2.21. The molecule has 5 nitrogen and oxygen atoms in total. The fraction of sp³-hybridized carbons (Fsp3) is 0.167. The standard InChI is InChI=1S/C12H12FN3O2/c13-8-3-1-2-7(6-8)10-11(17)15-9(4-5-14)16-12(10)18/h1-3,6H,4-5,14H2,(H2,15,16,17,18). The maximum Gasteiger partial charge on any atom is 0.262 e. The van der Waals surface area contributed by atoms with Crippen molar-refractivity contribution in [1.29, 1.82) is 0 Å². The lowest BCUT2D eigenvalue weighted by molar-refractivity contribution is 0.450. The average Bonchev–Trinajstić information content (AvgIpc) is 2.28. The Morgan fingerprint density at radius 3 is 2.83 bits per heavy atom. The van der Waals surface area contributed by atoms with Crippen LogP contribution in [0, 0.1) is 5.82 Å². The highest BCUT2D eigenvalue weighted by Crippen LogP contribution is 2.23. The molecular weight excluding hydrogens is 237 g/mol. The van der Waals surface area contributed by atoms with Gasteiger partial charge >= 0.3 is 0 Å². The molecule has 2 aromatic rings. The van der Waals surface area contributed by atoms with Gasteiger partial charge in [0.25, 0.3) is 5.56 Å². The molecule has 18 heavy (non-hydrogen) atoms. The summed E-state index contributed by atoms with van der Waals surface area (Å²) >= 11 is 0.